The second-order valence-corrected chi connectivity index (χ2v) is 13.9. The molecule has 0 bridgehead atoms. The topological polar surface area (TPSA) is 3.24 Å². The van der Waals surface area contributed by atoms with Crippen LogP contribution in [-0.2, 0) is 0 Å². The maximum absolute atomic E-state index is 2.47. The maximum atomic E-state index is 2.47. The first-order valence-electron chi connectivity index (χ1n) is 17.8. The van der Waals surface area contributed by atoms with Crippen LogP contribution in [0.1, 0.15) is 22.3 Å². The highest BCUT2D eigenvalue weighted by atomic mass is 15.1. The molecule has 0 amide bonds. The SMILES string of the molecule is Cc1ccc(/C=C/c2ccc(N(c3ccc(C)cc3)c3c4ccccc4c4c5c3cccc5c3cccc5cc6ccccc6c4c53)cc2)cc1. The summed E-state index contributed by atoms with van der Waals surface area (Å²) in [5.74, 6) is 0. The standard InChI is InChI=1S/C50H35N/c1-32-17-21-34(22-18-32)23-24-35-25-29-39(30-26-35)51(38-27-19-33(2)20-28-38)50-44-13-6-5-12-43(44)49-47-42(15-8-16-45(47)50)41-14-7-10-37-31-36-9-3-4-11-40(36)48(49)46(37)41/h3-31H,1-2H3/b24-23+. The summed E-state index contributed by atoms with van der Waals surface area (Å²) in [6.07, 6.45) is 4.39. The Balaban J connectivity index is 1.29. The summed E-state index contributed by atoms with van der Waals surface area (Å²) in [6.45, 7) is 4.28. The van der Waals surface area contributed by atoms with Crippen molar-refractivity contribution >= 4 is 93.8 Å². The zero-order valence-corrected chi connectivity index (χ0v) is 28.7. The van der Waals surface area contributed by atoms with Crippen molar-refractivity contribution in [3.05, 3.63) is 186 Å². The molecule has 0 heterocycles. The minimum Gasteiger partial charge on any atom is -0.309 e. The van der Waals surface area contributed by atoms with Crippen LogP contribution in [0.3, 0.4) is 0 Å². The molecule has 10 aromatic rings. The molecule has 0 atom stereocenters. The Morgan fingerprint density at radius 2 is 0.804 bits per heavy atom. The van der Waals surface area contributed by atoms with E-state index in [-0.39, 0.29) is 0 Å². The molecule has 0 aromatic heterocycles. The van der Waals surface area contributed by atoms with E-state index >= 15 is 0 Å². The molecule has 0 saturated heterocycles. The summed E-state index contributed by atoms with van der Waals surface area (Å²) in [5.41, 5.74) is 8.35. The highest BCUT2D eigenvalue weighted by Gasteiger charge is 2.24. The van der Waals surface area contributed by atoms with Crippen LogP contribution in [0.25, 0.3) is 76.8 Å². The van der Waals surface area contributed by atoms with Gasteiger partial charge in [-0.25, -0.2) is 0 Å². The van der Waals surface area contributed by atoms with Gasteiger partial charge in [0, 0.05) is 27.5 Å². The number of hydrogen-bond acceptors (Lipinski definition) is 1. The second-order valence-electron chi connectivity index (χ2n) is 13.9. The van der Waals surface area contributed by atoms with Crippen molar-refractivity contribution in [3.8, 4) is 0 Å². The highest BCUT2D eigenvalue weighted by Crippen LogP contribution is 2.51. The van der Waals surface area contributed by atoms with Crippen molar-refractivity contribution in [1.29, 1.82) is 0 Å². The Morgan fingerprint density at radius 1 is 0.353 bits per heavy atom. The summed E-state index contributed by atoms with van der Waals surface area (Å²) in [6, 6.07) is 60.6. The van der Waals surface area contributed by atoms with Crippen molar-refractivity contribution in [1.82, 2.24) is 0 Å². The number of fused-ring (bicyclic) bond motifs is 6. The number of nitrogens with zero attached hydrogens (tertiary/aromatic N) is 1. The van der Waals surface area contributed by atoms with Crippen molar-refractivity contribution in [2.45, 2.75) is 13.8 Å². The first-order chi connectivity index (χ1) is 25.1. The molecule has 0 aliphatic rings. The van der Waals surface area contributed by atoms with Gasteiger partial charge in [-0.3, -0.25) is 0 Å². The van der Waals surface area contributed by atoms with Crippen LogP contribution in [0.4, 0.5) is 17.1 Å². The molecule has 0 spiro atoms. The van der Waals surface area contributed by atoms with Gasteiger partial charge in [0.15, 0.2) is 0 Å². The zero-order valence-electron chi connectivity index (χ0n) is 28.7. The number of benzene rings is 10. The third-order valence-electron chi connectivity index (χ3n) is 10.7. The Bertz CT molecular complexity index is 2950. The Kier molecular flexibility index (Phi) is 6.69. The monoisotopic (exact) mass is 649 g/mol. The number of rotatable bonds is 5. The predicted molar refractivity (Wildman–Crippen MR) is 222 cm³/mol. The molecule has 0 fully saturated rings. The molecule has 240 valence electrons. The van der Waals surface area contributed by atoms with E-state index in [1.807, 2.05) is 0 Å². The molecular weight excluding hydrogens is 615 g/mol. The third-order valence-corrected chi connectivity index (χ3v) is 10.7. The van der Waals surface area contributed by atoms with Crippen LogP contribution in [0.2, 0.25) is 0 Å². The Labute approximate surface area is 297 Å². The van der Waals surface area contributed by atoms with E-state index in [4.69, 9.17) is 0 Å². The molecule has 0 radical (unpaired) electrons. The number of anilines is 3. The lowest BCUT2D eigenvalue weighted by molar-refractivity contribution is 1.30. The second kappa shape index (κ2) is 11.6. The van der Waals surface area contributed by atoms with E-state index in [1.165, 1.54) is 92.6 Å². The molecule has 0 unspecified atom stereocenters. The van der Waals surface area contributed by atoms with Crippen LogP contribution in [0.5, 0.6) is 0 Å². The number of hydrogen-bond donors (Lipinski definition) is 0. The van der Waals surface area contributed by atoms with Crippen LogP contribution < -0.4 is 4.90 Å². The van der Waals surface area contributed by atoms with Gasteiger partial charge in [0.05, 0.1) is 5.69 Å². The zero-order chi connectivity index (χ0) is 34.1. The van der Waals surface area contributed by atoms with Gasteiger partial charge in [0.2, 0.25) is 0 Å². The van der Waals surface area contributed by atoms with Crippen LogP contribution in [0.15, 0.2) is 164 Å². The maximum Gasteiger partial charge on any atom is 0.0619 e. The van der Waals surface area contributed by atoms with Crippen molar-refractivity contribution in [3.63, 3.8) is 0 Å². The molecule has 1 heteroatoms. The van der Waals surface area contributed by atoms with Crippen LogP contribution >= 0.6 is 0 Å². The van der Waals surface area contributed by atoms with E-state index in [0.29, 0.717) is 0 Å². The molecule has 0 aliphatic heterocycles. The molecule has 0 N–H and O–H groups in total. The lowest BCUT2D eigenvalue weighted by Gasteiger charge is -2.30. The van der Waals surface area contributed by atoms with Gasteiger partial charge in [-0.2, -0.15) is 0 Å². The van der Waals surface area contributed by atoms with E-state index in [1.54, 1.807) is 0 Å². The largest absolute Gasteiger partial charge is 0.309 e. The summed E-state index contributed by atoms with van der Waals surface area (Å²) in [7, 11) is 0. The van der Waals surface area contributed by atoms with Crippen molar-refractivity contribution in [2.75, 3.05) is 4.90 Å². The average molecular weight is 650 g/mol. The quantitative estimate of drug-likeness (QED) is 0.102. The highest BCUT2D eigenvalue weighted by molar-refractivity contribution is 6.44. The minimum atomic E-state index is 1.13. The fraction of sp³-hybridized carbons (Fsp3) is 0.0400. The van der Waals surface area contributed by atoms with Gasteiger partial charge in [-0.1, -0.05) is 157 Å². The molecule has 10 aromatic carbocycles. The van der Waals surface area contributed by atoms with Crippen molar-refractivity contribution < 1.29 is 0 Å². The van der Waals surface area contributed by atoms with E-state index in [2.05, 4.69) is 195 Å². The van der Waals surface area contributed by atoms with Gasteiger partial charge in [0.1, 0.15) is 0 Å². The van der Waals surface area contributed by atoms with Gasteiger partial charge >= 0.3 is 0 Å². The lowest BCUT2D eigenvalue weighted by Crippen LogP contribution is -2.11. The molecule has 1 nitrogen and oxygen atoms in total. The fourth-order valence-corrected chi connectivity index (χ4v) is 8.24. The first-order valence-corrected chi connectivity index (χ1v) is 17.8. The summed E-state index contributed by atoms with van der Waals surface area (Å²) in [4.78, 5) is 2.47. The Hall–Kier alpha value is -6.44. The van der Waals surface area contributed by atoms with E-state index in [9.17, 15) is 0 Å². The Morgan fingerprint density at radius 3 is 1.51 bits per heavy atom. The molecule has 0 aliphatic carbocycles. The smallest absolute Gasteiger partial charge is 0.0619 e. The van der Waals surface area contributed by atoms with Crippen LogP contribution in [-0.4, -0.2) is 0 Å². The predicted octanol–water partition coefficient (Wildman–Crippen LogP) is 14.3. The van der Waals surface area contributed by atoms with Crippen LogP contribution in [0, 0.1) is 13.8 Å². The minimum absolute atomic E-state index is 1.13. The number of aryl methyl sites for hydroxylation is 2. The average Bonchev–Trinajstić information content (AvgIpc) is 3.17. The lowest BCUT2D eigenvalue weighted by atomic mass is 9.84. The van der Waals surface area contributed by atoms with Gasteiger partial charge in [0.25, 0.3) is 0 Å². The van der Waals surface area contributed by atoms with Gasteiger partial charge in [-0.05, 0) is 104 Å². The first kappa shape index (κ1) is 29.5. The summed E-state index contributed by atoms with van der Waals surface area (Å²) >= 11 is 0. The molecule has 0 saturated carbocycles. The normalized spacial score (nSPS) is 12.0. The molecular formula is C50H35N. The van der Waals surface area contributed by atoms with Gasteiger partial charge in [-0.15, -0.1) is 0 Å². The van der Waals surface area contributed by atoms with Gasteiger partial charge < -0.3 is 4.90 Å². The fourth-order valence-electron chi connectivity index (χ4n) is 8.24. The summed E-state index contributed by atoms with van der Waals surface area (Å²) < 4.78 is 0. The third kappa shape index (κ3) is 4.70. The molecule has 51 heavy (non-hydrogen) atoms. The van der Waals surface area contributed by atoms with E-state index in [0.717, 1.165) is 11.4 Å². The summed E-state index contributed by atoms with van der Waals surface area (Å²) in [5, 5.41) is 15.6. The van der Waals surface area contributed by atoms with Crippen molar-refractivity contribution in [2.24, 2.45) is 0 Å². The molecule has 10 rings (SSSR count). The van der Waals surface area contributed by atoms with E-state index < -0.39 is 0 Å².